The number of thioether (sulfide) groups is 1. The van der Waals surface area contributed by atoms with Gasteiger partial charge in [-0.2, -0.15) is 0 Å². The van der Waals surface area contributed by atoms with Crippen LogP contribution in [0, 0.1) is 0 Å². The number of ether oxygens (including phenoxy) is 5. The van der Waals surface area contributed by atoms with Crippen LogP contribution in [0.1, 0.15) is 26.3 Å². The molecule has 8 nitrogen and oxygen atoms in total. The van der Waals surface area contributed by atoms with Gasteiger partial charge in [-0.1, -0.05) is 60.3 Å². The van der Waals surface area contributed by atoms with Gasteiger partial charge in [0.15, 0.2) is 18.3 Å². The molecule has 1 aliphatic heterocycles. The van der Waals surface area contributed by atoms with Crippen LogP contribution in [0.15, 0.2) is 65.6 Å². The van der Waals surface area contributed by atoms with E-state index in [4.69, 9.17) is 23.7 Å². The molecule has 2 aromatic carbocycles. The van der Waals surface area contributed by atoms with Gasteiger partial charge in [0.25, 0.3) is 0 Å². The highest BCUT2D eigenvalue weighted by Crippen LogP contribution is 2.37. The summed E-state index contributed by atoms with van der Waals surface area (Å²) >= 11 is 1.31. The van der Waals surface area contributed by atoms with Crippen molar-refractivity contribution in [1.82, 2.24) is 0 Å². The largest absolute Gasteiger partial charge is 0.456 e. The Balaban J connectivity index is 1.88. The third-order valence-electron chi connectivity index (χ3n) is 4.89. The molecular formula is C25H28O8S. The summed E-state index contributed by atoms with van der Waals surface area (Å²) in [5.41, 5.74) is 0.222. The van der Waals surface area contributed by atoms with Gasteiger partial charge in [0.2, 0.25) is 0 Å². The number of rotatable bonds is 9. The Morgan fingerprint density at radius 3 is 1.88 bits per heavy atom. The Hall–Kier alpha value is -2.88. The molecule has 0 saturated carbocycles. The van der Waals surface area contributed by atoms with Crippen LogP contribution in [-0.2, 0) is 44.7 Å². The molecule has 0 amide bonds. The molecule has 0 unspecified atom stereocenters. The lowest BCUT2D eigenvalue weighted by atomic mass is 9.99. The fraction of sp³-hybridized carbons (Fsp3) is 0.400. The van der Waals surface area contributed by atoms with Gasteiger partial charge in [0.1, 0.15) is 11.5 Å². The maximum absolute atomic E-state index is 12.0. The minimum Gasteiger partial charge on any atom is -0.456 e. The van der Waals surface area contributed by atoms with Crippen molar-refractivity contribution >= 4 is 29.7 Å². The van der Waals surface area contributed by atoms with Crippen LogP contribution in [0.3, 0.4) is 0 Å². The summed E-state index contributed by atoms with van der Waals surface area (Å²) in [5, 5.41) is 0. The number of hydrogen-bond donors (Lipinski definition) is 0. The lowest BCUT2D eigenvalue weighted by Crippen LogP contribution is -2.61. The normalized spacial score (nSPS) is 24.1. The molecule has 2 aromatic rings. The quantitative estimate of drug-likeness (QED) is 0.388. The molecule has 1 heterocycles. The van der Waals surface area contributed by atoms with Crippen molar-refractivity contribution in [2.24, 2.45) is 0 Å². The van der Waals surface area contributed by atoms with Gasteiger partial charge < -0.3 is 23.7 Å². The van der Waals surface area contributed by atoms with Crippen molar-refractivity contribution in [3.63, 3.8) is 0 Å². The van der Waals surface area contributed by atoms with Crippen LogP contribution in [0.2, 0.25) is 0 Å². The van der Waals surface area contributed by atoms with E-state index < -0.39 is 47.8 Å². The maximum Gasteiger partial charge on any atom is 0.303 e. The minimum absolute atomic E-state index is 0.0588. The van der Waals surface area contributed by atoms with Crippen LogP contribution in [-0.4, -0.2) is 54.4 Å². The summed E-state index contributed by atoms with van der Waals surface area (Å²) in [6.07, 6.45) is -3.90. The molecule has 1 aliphatic rings. The Kier molecular flexibility index (Phi) is 9.50. The minimum atomic E-state index is -1.08. The second-order valence-corrected chi connectivity index (χ2v) is 8.87. The highest BCUT2D eigenvalue weighted by atomic mass is 32.2. The van der Waals surface area contributed by atoms with Crippen molar-refractivity contribution in [1.29, 1.82) is 0 Å². The lowest BCUT2D eigenvalue weighted by Gasteiger charge is -2.44. The predicted molar refractivity (Wildman–Crippen MR) is 124 cm³/mol. The van der Waals surface area contributed by atoms with Gasteiger partial charge in [-0.15, -0.1) is 0 Å². The third kappa shape index (κ3) is 7.58. The average molecular weight is 489 g/mol. The predicted octanol–water partition coefficient (Wildman–Crippen LogP) is 3.52. The molecule has 0 spiro atoms. The van der Waals surface area contributed by atoms with Gasteiger partial charge in [-0.05, 0) is 17.7 Å². The van der Waals surface area contributed by atoms with Crippen LogP contribution < -0.4 is 0 Å². The summed E-state index contributed by atoms with van der Waals surface area (Å²) in [6, 6.07) is 19.0. The molecule has 1 fully saturated rings. The van der Waals surface area contributed by atoms with Crippen molar-refractivity contribution in [3.05, 3.63) is 66.2 Å². The smallest absolute Gasteiger partial charge is 0.303 e. The molecule has 182 valence electrons. The topological polar surface area (TPSA) is 97.4 Å². The van der Waals surface area contributed by atoms with Crippen LogP contribution in [0.4, 0.5) is 0 Å². The summed E-state index contributed by atoms with van der Waals surface area (Å²) in [6.45, 7) is 4.12. The fourth-order valence-electron chi connectivity index (χ4n) is 3.58. The van der Waals surface area contributed by atoms with E-state index in [1.165, 1.54) is 32.5 Å². The first-order valence-corrected chi connectivity index (χ1v) is 11.7. The summed E-state index contributed by atoms with van der Waals surface area (Å²) in [4.78, 5) is 36.7. The molecular weight excluding hydrogens is 460 g/mol. The Labute approximate surface area is 202 Å². The summed E-state index contributed by atoms with van der Waals surface area (Å²) in [7, 11) is 0. The van der Waals surface area contributed by atoms with Crippen LogP contribution in [0.25, 0.3) is 0 Å². The van der Waals surface area contributed by atoms with E-state index in [9.17, 15) is 14.4 Å². The van der Waals surface area contributed by atoms with Crippen LogP contribution in [0.5, 0.6) is 0 Å². The van der Waals surface area contributed by atoms with Gasteiger partial charge in [0.05, 0.1) is 13.2 Å². The van der Waals surface area contributed by atoms with E-state index in [0.29, 0.717) is 6.61 Å². The SMILES string of the molecule is CC(=O)O[C@@H]1[C@@H](OC(C)=O)[C@H](Sc2ccccc2)O[C@H](COCc2ccccc2)[C@H]1OC(C)=O. The molecule has 9 heteroatoms. The molecule has 34 heavy (non-hydrogen) atoms. The maximum atomic E-state index is 12.0. The standard InChI is InChI=1S/C25H28O8S/c1-16(26)30-22-21(15-29-14-19-10-6-4-7-11-19)33-25(34-20-12-8-5-9-13-20)24(32-18(3)28)23(22)31-17(2)27/h4-13,21-25H,14-15H2,1-3H3/t21-,22-,23+,24-,25+/m1/s1. The van der Waals surface area contributed by atoms with Gasteiger partial charge in [-0.3, -0.25) is 14.4 Å². The van der Waals surface area contributed by atoms with Crippen LogP contribution >= 0.6 is 11.8 Å². The zero-order valence-electron chi connectivity index (χ0n) is 19.2. The van der Waals surface area contributed by atoms with Gasteiger partial charge in [-0.25, -0.2) is 0 Å². The van der Waals surface area contributed by atoms with Crippen molar-refractivity contribution in [2.45, 2.75) is 62.1 Å². The highest BCUT2D eigenvalue weighted by molar-refractivity contribution is 7.99. The number of carbonyl (C=O) groups is 3. The average Bonchev–Trinajstić information content (AvgIpc) is 2.79. The number of hydrogen-bond acceptors (Lipinski definition) is 9. The molecule has 5 atom stereocenters. The van der Waals surface area contributed by atoms with E-state index in [1.807, 2.05) is 60.7 Å². The monoisotopic (exact) mass is 488 g/mol. The number of benzene rings is 2. The first-order chi connectivity index (χ1) is 16.3. The van der Waals surface area contributed by atoms with E-state index in [1.54, 1.807) is 0 Å². The summed E-state index contributed by atoms with van der Waals surface area (Å²) < 4.78 is 28.7. The van der Waals surface area contributed by atoms with Crippen molar-refractivity contribution in [2.75, 3.05) is 6.61 Å². The molecule has 1 saturated heterocycles. The first kappa shape index (κ1) is 25.7. The van der Waals surface area contributed by atoms with E-state index in [2.05, 4.69) is 0 Å². The second-order valence-electron chi connectivity index (χ2n) is 7.70. The molecule has 0 bridgehead atoms. The molecule has 0 aliphatic carbocycles. The Morgan fingerprint density at radius 2 is 1.29 bits per heavy atom. The molecule has 0 aromatic heterocycles. The van der Waals surface area contributed by atoms with E-state index in [0.717, 1.165) is 10.5 Å². The Bertz CT molecular complexity index is 952. The van der Waals surface area contributed by atoms with Crippen molar-refractivity contribution < 1.29 is 38.1 Å². The molecule has 0 radical (unpaired) electrons. The van der Waals surface area contributed by atoms with Gasteiger partial charge in [0, 0.05) is 25.7 Å². The van der Waals surface area contributed by atoms with E-state index in [-0.39, 0.29) is 6.61 Å². The Morgan fingerprint density at radius 1 is 0.765 bits per heavy atom. The lowest BCUT2D eigenvalue weighted by molar-refractivity contribution is -0.238. The number of carbonyl (C=O) groups excluding carboxylic acids is 3. The molecule has 3 rings (SSSR count). The van der Waals surface area contributed by atoms with Gasteiger partial charge >= 0.3 is 17.9 Å². The van der Waals surface area contributed by atoms with E-state index >= 15 is 0 Å². The highest BCUT2D eigenvalue weighted by Gasteiger charge is 2.52. The zero-order valence-corrected chi connectivity index (χ0v) is 20.1. The van der Waals surface area contributed by atoms with Crippen molar-refractivity contribution in [3.8, 4) is 0 Å². The second kappa shape index (κ2) is 12.5. The third-order valence-corrected chi connectivity index (χ3v) is 6.04. The molecule has 0 N–H and O–H groups in total. The summed E-state index contributed by atoms with van der Waals surface area (Å²) in [5.74, 6) is -1.77. The number of esters is 3. The zero-order chi connectivity index (χ0) is 24.5. The first-order valence-electron chi connectivity index (χ1n) is 10.8. The fourth-order valence-corrected chi connectivity index (χ4v) is 4.71.